The average molecular weight is 439 g/mol. The first-order valence-electron chi connectivity index (χ1n) is 9.70. The number of allylic oxidation sites excluding steroid dienone is 1. The number of nitrogens with one attached hydrogen (secondary N) is 1. The Morgan fingerprint density at radius 3 is 2.67 bits per heavy atom. The van der Waals surface area contributed by atoms with Crippen molar-refractivity contribution in [3.8, 4) is 11.3 Å². The fraction of sp³-hybridized carbons (Fsp3) is 0.182. The minimum Gasteiger partial charge on any atom is -0.253 e. The molecule has 6 nitrogen and oxygen atoms in total. The Labute approximate surface area is 180 Å². The number of rotatable bonds is 7. The predicted octanol–water partition coefficient (Wildman–Crippen LogP) is 4.71. The topological polar surface area (TPSA) is 74.7 Å². The number of hydrazone groups is 1. The number of hydrogen-bond donors (Lipinski definition) is 1. The Kier molecular flexibility index (Phi) is 6.37. The molecule has 0 radical (unpaired) electrons. The van der Waals surface area contributed by atoms with Crippen molar-refractivity contribution in [3.05, 3.63) is 71.6 Å². The van der Waals surface area contributed by atoms with Crippen molar-refractivity contribution in [2.24, 2.45) is 5.10 Å². The van der Waals surface area contributed by atoms with Crippen LogP contribution < -0.4 is 5.43 Å². The minimum atomic E-state index is -3.44. The number of sulfonamides is 1. The van der Waals surface area contributed by atoms with E-state index in [1.807, 2.05) is 53.9 Å². The van der Waals surface area contributed by atoms with Gasteiger partial charge in [-0.1, -0.05) is 48.5 Å². The summed E-state index contributed by atoms with van der Waals surface area (Å²) in [5, 5.41) is 6.69. The maximum Gasteiger partial charge on any atom is 0.243 e. The summed E-state index contributed by atoms with van der Waals surface area (Å²) in [6.45, 7) is 1.18. The molecule has 3 aromatic rings. The quantitative estimate of drug-likeness (QED) is 0.428. The second-order valence-electron chi connectivity index (χ2n) is 6.84. The van der Waals surface area contributed by atoms with E-state index in [2.05, 4.69) is 15.5 Å². The Bertz CT molecular complexity index is 1150. The van der Waals surface area contributed by atoms with Crippen LogP contribution in [0, 0.1) is 0 Å². The van der Waals surface area contributed by atoms with Crippen molar-refractivity contribution in [1.82, 2.24) is 9.29 Å². The normalized spacial score (nSPS) is 15.3. The summed E-state index contributed by atoms with van der Waals surface area (Å²) in [4.78, 5) is 4.83. The molecule has 0 bridgehead atoms. The third-order valence-electron chi connectivity index (χ3n) is 4.75. The number of anilines is 1. The summed E-state index contributed by atoms with van der Waals surface area (Å²) in [5.74, 6) is 0. The first-order valence-corrected chi connectivity index (χ1v) is 12.0. The lowest BCUT2D eigenvalue weighted by molar-refractivity contribution is 0.477. The standard InChI is InChI=1S/C22H22N4O2S2/c27-30(28,26-14-4-5-15-26)20-12-6-11-19(16-20)21-17-29-22(24-21)25-23-13-7-10-18-8-2-1-3-9-18/h1-3,6-13,16-17H,4-5,14-15H2,(H,24,25)/b10-7+,23-13+. The van der Waals surface area contributed by atoms with Crippen LogP contribution >= 0.6 is 11.3 Å². The lowest BCUT2D eigenvalue weighted by Crippen LogP contribution is -2.27. The Balaban J connectivity index is 1.42. The largest absolute Gasteiger partial charge is 0.253 e. The number of aromatic nitrogens is 1. The molecule has 0 saturated carbocycles. The lowest BCUT2D eigenvalue weighted by atomic mass is 10.2. The van der Waals surface area contributed by atoms with Crippen molar-refractivity contribution in [2.45, 2.75) is 17.7 Å². The molecule has 0 unspecified atom stereocenters. The van der Waals surface area contributed by atoms with Crippen molar-refractivity contribution in [1.29, 1.82) is 0 Å². The van der Waals surface area contributed by atoms with Crippen LogP contribution in [0.25, 0.3) is 17.3 Å². The maximum atomic E-state index is 12.8. The molecule has 1 fully saturated rings. The van der Waals surface area contributed by atoms with Gasteiger partial charge in [-0.15, -0.1) is 11.3 Å². The van der Waals surface area contributed by atoms with E-state index in [0.717, 1.165) is 29.7 Å². The average Bonchev–Trinajstić information content (AvgIpc) is 3.47. The van der Waals surface area contributed by atoms with Crippen LogP contribution in [-0.4, -0.2) is 37.0 Å². The number of nitrogens with zero attached hydrogens (tertiary/aromatic N) is 3. The molecule has 0 atom stereocenters. The van der Waals surface area contributed by atoms with Gasteiger partial charge in [0, 0.05) is 30.2 Å². The molecule has 4 rings (SSSR count). The second-order valence-corrected chi connectivity index (χ2v) is 9.63. The Hall–Kier alpha value is -2.81. The fourth-order valence-electron chi connectivity index (χ4n) is 3.20. The summed E-state index contributed by atoms with van der Waals surface area (Å²) in [6.07, 6.45) is 7.31. The highest BCUT2D eigenvalue weighted by atomic mass is 32.2. The van der Waals surface area contributed by atoms with Crippen LogP contribution in [0.4, 0.5) is 5.13 Å². The molecule has 1 N–H and O–H groups in total. The van der Waals surface area contributed by atoms with E-state index in [0.29, 0.717) is 23.1 Å². The summed E-state index contributed by atoms with van der Waals surface area (Å²) >= 11 is 1.42. The molecule has 2 aromatic carbocycles. The zero-order valence-corrected chi connectivity index (χ0v) is 17.9. The Morgan fingerprint density at radius 1 is 1.07 bits per heavy atom. The zero-order chi connectivity index (χ0) is 20.8. The van der Waals surface area contributed by atoms with Crippen molar-refractivity contribution in [3.63, 3.8) is 0 Å². The van der Waals surface area contributed by atoms with Crippen LogP contribution in [0.1, 0.15) is 18.4 Å². The monoisotopic (exact) mass is 438 g/mol. The molecule has 1 saturated heterocycles. The third kappa shape index (κ3) is 4.84. The fourth-order valence-corrected chi connectivity index (χ4v) is 5.44. The SMILES string of the molecule is O=S(=O)(c1cccc(-c2csc(N/N=C/C=C/c3ccccc3)n2)c1)N1CCCC1. The smallest absolute Gasteiger partial charge is 0.243 e. The van der Waals surface area contributed by atoms with Crippen molar-refractivity contribution >= 4 is 38.8 Å². The molecule has 1 aliphatic rings. The van der Waals surface area contributed by atoms with Gasteiger partial charge in [-0.2, -0.15) is 9.41 Å². The molecule has 0 aliphatic carbocycles. The van der Waals surface area contributed by atoms with Crippen LogP contribution in [0.5, 0.6) is 0 Å². The van der Waals surface area contributed by atoms with Crippen LogP contribution in [-0.2, 0) is 10.0 Å². The number of benzene rings is 2. The molecule has 1 aromatic heterocycles. The predicted molar refractivity (Wildman–Crippen MR) is 123 cm³/mol. The van der Waals surface area contributed by atoms with Gasteiger partial charge in [0.25, 0.3) is 0 Å². The second kappa shape index (κ2) is 9.34. The van der Waals surface area contributed by atoms with E-state index in [1.165, 1.54) is 11.3 Å². The number of thiazole rings is 1. The zero-order valence-electron chi connectivity index (χ0n) is 16.3. The molecular weight excluding hydrogens is 416 g/mol. The van der Waals surface area contributed by atoms with Gasteiger partial charge >= 0.3 is 0 Å². The van der Waals surface area contributed by atoms with E-state index in [9.17, 15) is 8.42 Å². The Morgan fingerprint density at radius 2 is 1.87 bits per heavy atom. The van der Waals surface area contributed by atoms with Gasteiger partial charge < -0.3 is 0 Å². The summed E-state index contributed by atoms with van der Waals surface area (Å²) < 4.78 is 27.2. The first-order chi connectivity index (χ1) is 14.6. The van der Waals surface area contributed by atoms with E-state index in [-0.39, 0.29) is 0 Å². The molecule has 0 amide bonds. The molecular formula is C22H22N4O2S2. The van der Waals surface area contributed by atoms with E-state index in [1.54, 1.807) is 28.7 Å². The van der Waals surface area contributed by atoms with E-state index in [4.69, 9.17) is 0 Å². The van der Waals surface area contributed by atoms with Gasteiger partial charge in [-0.05, 0) is 36.6 Å². The minimum absolute atomic E-state index is 0.313. The van der Waals surface area contributed by atoms with E-state index < -0.39 is 10.0 Å². The highest BCUT2D eigenvalue weighted by Crippen LogP contribution is 2.28. The molecule has 30 heavy (non-hydrogen) atoms. The summed E-state index contributed by atoms with van der Waals surface area (Å²) in [5.41, 5.74) is 5.50. The molecule has 2 heterocycles. The highest BCUT2D eigenvalue weighted by Gasteiger charge is 2.27. The number of hydrogen-bond acceptors (Lipinski definition) is 6. The lowest BCUT2D eigenvalue weighted by Gasteiger charge is -2.15. The first kappa shape index (κ1) is 20.5. The van der Waals surface area contributed by atoms with Gasteiger partial charge in [0.1, 0.15) is 0 Å². The molecule has 1 aliphatic heterocycles. The molecule has 8 heteroatoms. The summed E-state index contributed by atoms with van der Waals surface area (Å²) in [7, 11) is -3.44. The maximum absolute atomic E-state index is 12.8. The highest BCUT2D eigenvalue weighted by molar-refractivity contribution is 7.89. The molecule has 154 valence electrons. The van der Waals surface area contributed by atoms with Gasteiger partial charge in [0.05, 0.1) is 10.6 Å². The van der Waals surface area contributed by atoms with Crippen LogP contribution in [0.3, 0.4) is 0 Å². The van der Waals surface area contributed by atoms with Crippen LogP contribution in [0.15, 0.2) is 76.1 Å². The summed E-state index contributed by atoms with van der Waals surface area (Å²) in [6, 6.07) is 16.9. The van der Waals surface area contributed by atoms with Crippen molar-refractivity contribution in [2.75, 3.05) is 18.5 Å². The third-order valence-corrected chi connectivity index (χ3v) is 7.39. The van der Waals surface area contributed by atoms with Crippen LogP contribution in [0.2, 0.25) is 0 Å². The van der Waals surface area contributed by atoms with Gasteiger partial charge in [-0.25, -0.2) is 13.4 Å². The van der Waals surface area contributed by atoms with Crippen molar-refractivity contribution < 1.29 is 8.42 Å². The van der Waals surface area contributed by atoms with Gasteiger partial charge in [-0.3, -0.25) is 5.43 Å². The van der Waals surface area contributed by atoms with Gasteiger partial charge in [0.2, 0.25) is 15.2 Å². The van der Waals surface area contributed by atoms with Gasteiger partial charge in [0.15, 0.2) is 0 Å². The molecule has 0 spiro atoms. The van der Waals surface area contributed by atoms with E-state index >= 15 is 0 Å².